The van der Waals surface area contributed by atoms with Gasteiger partial charge >= 0.3 is 0 Å². The third-order valence-electron chi connectivity index (χ3n) is 3.12. The number of nitrogens with one attached hydrogen (secondary N) is 1. The topological polar surface area (TPSA) is 49.4 Å². The SMILES string of the molecule is CCN(CC)Cc1ccccc1NS(=O)(=O)CCCCl. The zero-order valence-corrected chi connectivity index (χ0v) is 13.7. The van der Waals surface area contributed by atoms with E-state index in [1.165, 1.54) is 0 Å². The molecule has 0 fully saturated rings. The Kier molecular flexibility index (Phi) is 7.34. The van der Waals surface area contributed by atoms with Gasteiger partial charge in [-0.15, -0.1) is 11.6 Å². The van der Waals surface area contributed by atoms with Gasteiger partial charge in [-0.05, 0) is 31.1 Å². The number of benzene rings is 1. The van der Waals surface area contributed by atoms with Crippen molar-refractivity contribution in [2.75, 3.05) is 29.4 Å². The van der Waals surface area contributed by atoms with Gasteiger partial charge in [0.1, 0.15) is 0 Å². The molecule has 0 heterocycles. The quantitative estimate of drug-likeness (QED) is 0.712. The van der Waals surface area contributed by atoms with Crippen molar-refractivity contribution in [3.8, 4) is 0 Å². The van der Waals surface area contributed by atoms with E-state index in [9.17, 15) is 8.42 Å². The largest absolute Gasteiger partial charge is 0.300 e. The molecule has 1 aromatic rings. The monoisotopic (exact) mass is 318 g/mol. The summed E-state index contributed by atoms with van der Waals surface area (Å²) in [6, 6.07) is 7.52. The molecule has 0 aliphatic carbocycles. The number of nitrogens with zero attached hydrogens (tertiary/aromatic N) is 1. The number of anilines is 1. The van der Waals surface area contributed by atoms with Crippen LogP contribution in [0.1, 0.15) is 25.8 Å². The Morgan fingerprint density at radius 1 is 1.20 bits per heavy atom. The summed E-state index contributed by atoms with van der Waals surface area (Å²) >= 11 is 5.55. The number of alkyl halides is 1. The molecule has 1 aromatic carbocycles. The van der Waals surface area contributed by atoms with Crippen LogP contribution in [0.5, 0.6) is 0 Å². The molecule has 0 saturated carbocycles. The zero-order chi connectivity index (χ0) is 15.0. The molecule has 0 bridgehead atoms. The molecule has 0 atom stereocenters. The summed E-state index contributed by atoms with van der Waals surface area (Å²) in [5.74, 6) is 0.401. The van der Waals surface area contributed by atoms with E-state index in [0.29, 0.717) is 18.0 Å². The van der Waals surface area contributed by atoms with Crippen LogP contribution in [-0.2, 0) is 16.6 Å². The number of hydrogen-bond donors (Lipinski definition) is 1. The van der Waals surface area contributed by atoms with E-state index in [4.69, 9.17) is 11.6 Å². The molecule has 0 saturated heterocycles. The van der Waals surface area contributed by atoms with Gasteiger partial charge in [0.25, 0.3) is 0 Å². The molecule has 1 N–H and O–H groups in total. The molecule has 6 heteroatoms. The van der Waals surface area contributed by atoms with Crippen LogP contribution >= 0.6 is 11.6 Å². The summed E-state index contributed by atoms with van der Waals surface area (Å²) in [6.07, 6.45) is 0.453. The second-order valence-electron chi connectivity index (χ2n) is 4.58. The maximum atomic E-state index is 12.0. The molecule has 0 aromatic heterocycles. The van der Waals surface area contributed by atoms with Crippen LogP contribution in [0.4, 0.5) is 5.69 Å². The first-order valence-electron chi connectivity index (χ1n) is 6.89. The maximum Gasteiger partial charge on any atom is 0.232 e. The Morgan fingerprint density at radius 2 is 1.85 bits per heavy atom. The van der Waals surface area contributed by atoms with Gasteiger partial charge in [-0.3, -0.25) is 9.62 Å². The molecule has 20 heavy (non-hydrogen) atoms. The Morgan fingerprint density at radius 3 is 2.45 bits per heavy atom. The highest BCUT2D eigenvalue weighted by Crippen LogP contribution is 2.19. The summed E-state index contributed by atoms with van der Waals surface area (Å²) in [7, 11) is -3.32. The van der Waals surface area contributed by atoms with Gasteiger partial charge in [-0.25, -0.2) is 8.42 Å². The lowest BCUT2D eigenvalue weighted by Gasteiger charge is -2.20. The molecular formula is C14H23ClN2O2S. The summed E-state index contributed by atoms with van der Waals surface area (Å²) in [5.41, 5.74) is 1.65. The highest BCUT2D eigenvalue weighted by atomic mass is 35.5. The molecular weight excluding hydrogens is 296 g/mol. The second kappa shape index (κ2) is 8.49. The number of halogens is 1. The van der Waals surface area contributed by atoms with Gasteiger partial charge in [-0.2, -0.15) is 0 Å². The molecule has 1 rings (SSSR count). The molecule has 0 spiro atoms. The highest BCUT2D eigenvalue weighted by Gasteiger charge is 2.13. The van der Waals surface area contributed by atoms with Crippen LogP contribution < -0.4 is 4.72 Å². The van der Waals surface area contributed by atoms with E-state index in [1.807, 2.05) is 18.2 Å². The van der Waals surface area contributed by atoms with Gasteiger partial charge in [0, 0.05) is 12.4 Å². The molecule has 0 aliphatic rings. The summed E-state index contributed by atoms with van der Waals surface area (Å²) in [5, 5.41) is 0. The van der Waals surface area contributed by atoms with Crippen molar-refractivity contribution in [3.63, 3.8) is 0 Å². The summed E-state index contributed by atoms with van der Waals surface area (Å²) in [6.45, 7) is 6.79. The average Bonchev–Trinajstić information content (AvgIpc) is 2.44. The van der Waals surface area contributed by atoms with Gasteiger partial charge < -0.3 is 0 Å². The van der Waals surface area contributed by atoms with Crippen molar-refractivity contribution in [2.45, 2.75) is 26.8 Å². The fraction of sp³-hybridized carbons (Fsp3) is 0.571. The zero-order valence-electron chi connectivity index (χ0n) is 12.1. The third-order valence-corrected chi connectivity index (χ3v) is 4.74. The molecule has 0 unspecified atom stereocenters. The number of sulfonamides is 1. The van der Waals surface area contributed by atoms with Crippen LogP contribution in [0.15, 0.2) is 24.3 Å². The minimum absolute atomic E-state index is 0.0517. The summed E-state index contributed by atoms with van der Waals surface area (Å²) in [4.78, 5) is 2.24. The first-order chi connectivity index (χ1) is 9.52. The van der Waals surface area contributed by atoms with E-state index in [2.05, 4.69) is 23.5 Å². The van der Waals surface area contributed by atoms with Crippen molar-refractivity contribution in [1.82, 2.24) is 4.90 Å². The number of rotatable bonds is 9. The number of hydrogen-bond acceptors (Lipinski definition) is 3. The fourth-order valence-corrected chi connectivity index (χ4v) is 3.36. The summed E-state index contributed by atoms with van der Waals surface area (Å²) < 4.78 is 26.6. The Labute approximate surface area is 127 Å². The molecule has 4 nitrogen and oxygen atoms in total. The first kappa shape index (κ1) is 17.3. The minimum atomic E-state index is -3.32. The number of para-hydroxylation sites is 1. The van der Waals surface area contributed by atoms with Crippen LogP contribution in [0, 0.1) is 0 Å². The first-order valence-corrected chi connectivity index (χ1v) is 9.07. The van der Waals surface area contributed by atoms with Gasteiger partial charge in [0.15, 0.2) is 0 Å². The predicted octanol–water partition coefficient (Wildman–Crippen LogP) is 2.90. The van der Waals surface area contributed by atoms with Crippen molar-refractivity contribution in [3.05, 3.63) is 29.8 Å². The van der Waals surface area contributed by atoms with Crippen LogP contribution in [0.2, 0.25) is 0 Å². The van der Waals surface area contributed by atoms with E-state index in [-0.39, 0.29) is 5.75 Å². The smallest absolute Gasteiger partial charge is 0.232 e. The van der Waals surface area contributed by atoms with E-state index >= 15 is 0 Å². The predicted molar refractivity (Wildman–Crippen MR) is 85.8 cm³/mol. The van der Waals surface area contributed by atoms with Crippen LogP contribution in [0.3, 0.4) is 0 Å². The van der Waals surface area contributed by atoms with Crippen LogP contribution in [0.25, 0.3) is 0 Å². The van der Waals surface area contributed by atoms with E-state index in [1.54, 1.807) is 6.07 Å². The fourth-order valence-electron chi connectivity index (χ4n) is 1.91. The van der Waals surface area contributed by atoms with Gasteiger partial charge in [0.2, 0.25) is 10.0 Å². The Hall–Kier alpha value is -0.780. The van der Waals surface area contributed by atoms with Gasteiger partial charge in [-0.1, -0.05) is 32.0 Å². The van der Waals surface area contributed by atoms with Crippen molar-refractivity contribution in [2.24, 2.45) is 0 Å². The normalized spacial score (nSPS) is 11.8. The standard InChI is InChI=1S/C14H23ClN2O2S/c1-3-17(4-2)12-13-8-5-6-9-14(13)16-20(18,19)11-7-10-15/h5-6,8-9,16H,3-4,7,10-12H2,1-2H3. The van der Waals surface area contributed by atoms with Crippen molar-refractivity contribution < 1.29 is 8.42 Å². The minimum Gasteiger partial charge on any atom is -0.300 e. The highest BCUT2D eigenvalue weighted by molar-refractivity contribution is 7.92. The third kappa shape index (κ3) is 5.69. The lowest BCUT2D eigenvalue weighted by molar-refractivity contribution is 0.296. The average molecular weight is 319 g/mol. The lowest BCUT2D eigenvalue weighted by atomic mass is 10.1. The molecule has 114 valence electrons. The molecule has 0 aliphatic heterocycles. The lowest BCUT2D eigenvalue weighted by Crippen LogP contribution is -2.24. The van der Waals surface area contributed by atoms with E-state index in [0.717, 1.165) is 25.2 Å². The molecule has 0 amide bonds. The molecule has 0 radical (unpaired) electrons. The van der Waals surface area contributed by atoms with E-state index < -0.39 is 10.0 Å². The van der Waals surface area contributed by atoms with Crippen molar-refractivity contribution >= 4 is 27.3 Å². The Bertz CT molecular complexity index is 502. The van der Waals surface area contributed by atoms with Crippen LogP contribution in [-0.4, -0.2) is 38.0 Å². The maximum absolute atomic E-state index is 12.0. The van der Waals surface area contributed by atoms with Gasteiger partial charge in [0.05, 0.1) is 11.4 Å². The van der Waals surface area contributed by atoms with Crippen molar-refractivity contribution in [1.29, 1.82) is 0 Å². The second-order valence-corrected chi connectivity index (χ2v) is 6.80. The Balaban J connectivity index is 2.85.